The van der Waals surface area contributed by atoms with Crippen molar-refractivity contribution in [2.24, 2.45) is 5.92 Å². The first-order valence-electron chi connectivity index (χ1n) is 6.96. The number of benzene rings is 1. The highest BCUT2D eigenvalue weighted by Gasteiger charge is 2.09. The van der Waals surface area contributed by atoms with Gasteiger partial charge in [-0.2, -0.15) is 5.26 Å². The lowest BCUT2D eigenvalue weighted by Gasteiger charge is -2.14. The minimum Gasteiger partial charge on any atom is -0.393 e. The number of carbonyl (C=O) groups excluding carboxylic acids is 1. The largest absolute Gasteiger partial charge is 0.393 e. The first-order chi connectivity index (χ1) is 9.52. The standard InChI is InChI=1S/C16H22N2O2/c1-12(2)15(19)9-10-18-16(20)8-7-13-3-5-14(11-17)6-4-13/h3-6,12,15,19H,7-10H2,1-2H3,(H,18,20). The predicted molar refractivity (Wildman–Crippen MR) is 77.9 cm³/mol. The van der Waals surface area contributed by atoms with E-state index in [1.807, 2.05) is 26.0 Å². The number of nitrogens with zero attached hydrogens (tertiary/aromatic N) is 1. The second-order valence-electron chi connectivity index (χ2n) is 5.26. The predicted octanol–water partition coefficient (Wildman–Crippen LogP) is 2.01. The molecule has 4 nitrogen and oxygen atoms in total. The quantitative estimate of drug-likeness (QED) is 0.799. The number of aryl methyl sites for hydroxylation is 1. The fourth-order valence-corrected chi connectivity index (χ4v) is 1.79. The first-order valence-corrected chi connectivity index (χ1v) is 6.96. The molecule has 20 heavy (non-hydrogen) atoms. The lowest BCUT2D eigenvalue weighted by atomic mass is 10.0. The Kier molecular flexibility index (Phi) is 6.75. The van der Waals surface area contributed by atoms with E-state index < -0.39 is 0 Å². The van der Waals surface area contributed by atoms with Gasteiger partial charge in [0.05, 0.1) is 17.7 Å². The molecule has 0 bridgehead atoms. The maximum Gasteiger partial charge on any atom is 0.220 e. The molecule has 0 aromatic heterocycles. The van der Waals surface area contributed by atoms with Crippen LogP contribution in [0.25, 0.3) is 0 Å². The Morgan fingerprint density at radius 2 is 2.00 bits per heavy atom. The number of hydrogen-bond donors (Lipinski definition) is 2. The van der Waals surface area contributed by atoms with Gasteiger partial charge in [0.25, 0.3) is 0 Å². The Balaban J connectivity index is 2.24. The minimum atomic E-state index is -0.367. The second-order valence-corrected chi connectivity index (χ2v) is 5.26. The van der Waals surface area contributed by atoms with E-state index in [0.717, 1.165) is 5.56 Å². The number of amides is 1. The molecular formula is C16H22N2O2. The van der Waals surface area contributed by atoms with Crippen LogP contribution in [0.5, 0.6) is 0 Å². The van der Waals surface area contributed by atoms with E-state index in [-0.39, 0.29) is 17.9 Å². The summed E-state index contributed by atoms with van der Waals surface area (Å²) in [5, 5.41) is 21.1. The molecule has 0 fully saturated rings. The van der Waals surface area contributed by atoms with Crippen molar-refractivity contribution < 1.29 is 9.90 Å². The van der Waals surface area contributed by atoms with Crippen LogP contribution in [0.15, 0.2) is 24.3 Å². The SMILES string of the molecule is CC(C)C(O)CCNC(=O)CCc1ccc(C#N)cc1. The number of carbonyl (C=O) groups is 1. The van der Waals surface area contributed by atoms with Gasteiger partial charge in [-0.15, -0.1) is 0 Å². The van der Waals surface area contributed by atoms with Crippen LogP contribution in [0.1, 0.15) is 37.8 Å². The number of aliphatic hydroxyl groups is 1. The van der Waals surface area contributed by atoms with E-state index in [4.69, 9.17) is 5.26 Å². The number of hydrogen-bond acceptors (Lipinski definition) is 3. The van der Waals surface area contributed by atoms with Gasteiger partial charge in [0.1, 0.15) is 0 Å². The van der Waals surface area contributed by atoms with Crippen molar-refractivity contribution in [2.75, 3.05) is 6.54 Å². The van der Waals surface area contributed by atoms with Gasteiger partial charge in [-0.05, 0) is 36.5 Å². The fourth-order valence-electron chi connectivity index (χ4n) is 1.79. The van der Waals surface area contributed by atoms with E-state index in [2.05, 4.69) is 11.4 Å². The van der Waals surface area contributed by atoms with Gasteiger partial charge in [0, 0.05) is 13.0 Å². The zero-order chi connectivity index (χ0) is 15.0. The topological polar surface area (TPSA) is 73.1 Å². The summed E-state index contributed by atoms with van der Waals surface area (Å²) in [6.45, 7) is 4.42. The van der Waals surface area contributed by atoms with Crippen LogP contribution in [0.4, 0.5) is 0 Å². The summed E-state index contributed by atoms with van der Waals surface area (Å²) in [6.07, 6.45) is 1.29. The van der Waals surface area contributed by atoms with Crippen molar-refractivity contribution in [1.82, 2.24) is 5.32 Å². The molecular weight excluding hydrogens is 252 g/mol. The summed E-state index contributed by atoms with van der Waals surface area (Å²) in [5.41, 5.74) is 1.67. The summed E-state index contributed by atoms with van der Waals surface area (Å²) >= 11 is 0. The Bertz CT molecular complexity index is 460. The zero-order valence-electron chi connectivity index (χ0n) is 12.1. The second kappa shape index (κ2) is 8.34. The molecule has 1 atom stereocenters. The summed E-state index contributed by atoms with van der Waals surface area (Å²) in [4.78, 5) is 11.6. The molecule has 108 valence electrons. The molecule has 1 unspecified atom stereocenters. The average Bonchev–Trinajstić information content (AvgIpc) is 2.45. The van der Waals surface area contributed by atoms with Crippen LogP contribution in [0.2, 0.25) is 0 Å². The molecule has 0 aliphatic carbocycles. The maximum absolute atomic E-state index is 11.6. The molecule has 1 amide bonds. The van der Waals surface area contributed by atoms with Crippen LogP contribution in [-0.2, 0) is 11.2 Å². The molecule has 0 heterocycles. The van der Waals surface area contributed by atoms with Gasteiger partial charge >= 0.3 is 0 Å². The van der Waals surface area contributed by atoms with Gasteiger partial charge in [0.2, 0.25) is 5.91 Å². The third-order valence-electron chi connectivity index (χ3n) is 3.26. The molecule has 0 aliphatic heterocycles. The van der Waals surface area contributed by atoms with Crippen LogP contribution < -0.4 is 5.32 Å². The summed E-state index contributed by atoms with van der Waals surface area (Å²) < 4.78 is 0. The van der Waals surface area contributed by atoms with Gasteiger partial charge in [-0.25, -0.2) is 0 Å². The van der Waals surface area contributed by atoms with Crippen LogP contribution >= 0.6 is 0 Å². The van der Waals surface area contributed by atoms with Crippen LogP contribution in [0, 0.1) is 17.2 Å². The highest BCUT2D eigenvalue weighted by molar-refractivity contribution is 5.76. The highest BCUT2D eigenvalue weighted by Crippen LogP contribution is 2.06. The van der Waals surface area contributed by atoms with Crippen molar-refractivity contribution >= 4 is 5.91 Å². The average molecular weight is 274 g/mol. The van der Waals surface area contributed by atoms with Gasteiger partial charge in [0.15, 0.2) is 0 Å². The molecule has 0 aliphatic rings. The van der Waals surface area contributed by atoms with Gasteiger partial charge in [-0.1, -0.05) is 26.0 Å². The summed E-state index contributed by atoms with van der Waals surface area (Å²) in [5.74, 6) is 0.205. The number of aliphatic hydroxyl groups excluding tert-OH is 1. The van der Waals surface area contributed by atoms with Crippen molar-refractivity contribution in [1.29, 1.82) is 5.26 Å². The van der Waals surface area contributed by atoms with Crippen molar-refractivity contribution in [3.8, 4) is 6.07 Å². The van der Waals surface area contributed by atoms with Crippen molar-refractivity contribution in [3.05, 3.63) is 35.4 Å². The van der Waals surface area contributed by atoms with E-state index in [0.29, 0.717) is 31.4 Å². The smallest absolute Gasteiger partial charge is 0.220 e. The van der Waals surface area contributed by atoms with E-state index >= 15 is 0 Å². The first kappa shape index (κ1) is 16.2. The molecule has 4 heteroatoms. The molecule has 0 saturated carbocycles. The lowest BCUT2D eigenvalue weighted by Crippen LogP contribution is -2.28. The molecule has 0 spiro atoms. The normalized spacial score (nSPS) is 11.9. The molecule has 0 saturated heterocycles. The Morgan fingerprint density at radius 1 is 1.35 bits per heavy atom. The molecule has 1 aromatic rings. The van der Waals surface area contributed by atoms with E-state index in [1.165, 1.54) is 0 Å². The van der Waals surface area contributed by atoms with Gasteiger partial charge in [-0.3, -0.25) is 4.79 Å². The minimum absolute atomic E-state index is 0.00897. The van der Waals surface area contributed by atoms with E-state index in [9.17, 15) is 9.90 Å². The Morgan fingerprint density at radius 3 is 2.55 bits per heavy atom. The number of nitrogens with one attached hydrogen (secondary N) is 1. The third-order valence-corrected chi connectivity index (χ3v) is 3.26. The number of rotatable bonds is 7. The molecule has 1 rings (SSSR count). The van der Waals surface area contributed by atoms with Crippen LogP contribution in [0.3, 0.4) is 0 Å². The van der Waals surface area contributed by atoms with Crippen LogP contribution in [-0.4, -0.2) is 23.7 Å². The summed E-state index contributed by atoms with van der Waals surface area (Å²) in [6, 6.07) is 9.31. The highest BCUT2D eigenvalue weighted by atomic mass is 16.3. The number of nitriles is 1. The Hall–Kier alpha value is -1.86. The Labute approximate surface area is 120 Å². The molecule has 0 radical (unpaired) electrons. The molecule has 1 aromatic carbocycles. The monoisotopic (exact) mass is 274 g/mol. The molecule has 2 N–H and O–H groups in total. The summed E-state index contributed by atoms with van der Waals surface area (Å²) in [7, 11) is 0. The van der Waals surface area contributed by atoms with E-state index in [1.54, 1.807) is 12.1 Å². The van der Waals surface area contributed by atoms with Crippen molar-refractivity contribution in [2.45, 2.75) is 39.2 Å². The zero-order valence-corrected chi connectivity index (χ0v) is 12.1. The maximum atomic E-state index is 11.6. The lowest BCUT2D eigenvalue weighted by molar-refractivity contribution is -0.121. The fraction of sp³-hybridized carbons (Fsp3) is 0.500. The van der Waals surface area contributed by atoms with Crippen molar-refractivity contribution in [3.63, 3.8) is 0 Å². The van der Waals surface area contributed by atoms with Gasteiger partial charge < -0.3 is 10.4 Å². The third kappa shape index (κ3) is 5.85.